The lowest BCUT2D eigenvalue weighted by molar-refractivity contribution is 1.32. The lowest BCUT2D eigenvalue weighted by atomic mass is 9.84. The Morgan fingerprint density at radius 2 is 0.731 bits per heavy atom. The van der Waals surface area contributed by atoms with Gasteiger partial charge in [0, 0.05) is 22.4 Å². The van der Waals surface area contributed by atoms with E-state index >= 15 is 0 Å². The first kappa shape index (κ1) is 42.2. The summed E-state index contributed by atoms with van der Waals surface area (Å²) in [5, 5.41) is 0. The maximum Gasteiger partial charge on any atom is 0.160 e. The molecule has 10 rings (SSSR count). The Morgan fingerprint density at radius 3 is 1.21 bits per heavy atom. The highest BCUT2D eigenvalue weighted by molar-refractivity contribution is 6.13. The fraction of sp³-hybridized carbons (Fsp3) is 0.0156. The summed E-state index contributed by atoms with van der Waals surface area (Å²) in [5.74, 6) is 0.616. The average molecular weight is 858 g/mol. The molecule has 0 fully saturated rings. The summed E-state index contributed by atoms with van der Waals surface area (Å²) in [6, 6.07) is 89.3. The van der Waals surface area contributed by atoms with Crippen LogP contribution in [0.25, 0.3) is 83.8 Å². The molecule has 1 heterocycles. The highest BCUT2D eigenvalue weighted by Crippen LogP contribution is 2.44. The van der Waals surface area contributed by atoms with Gasteiger partial charge in [0.1, 0.15) is 0 Å². The number of aromatic nitrogens is 1. The summed E-state index contributed by atoms with van der Waals surface area (Å²) in [7, 11) is 0. The maximum atomic E-state index is 5.15. The molecule has 0 bridgehead atoms. The first-order chi connectivity index (χ1) is 33.0. The van der Waals surface area contributed by atoms with Gasteiger partial charge >= 0.3 is 0 Å². The van der Waals surface area contributed by atoms with Crippen molar-refractivity contribution in [2.45, 2.75) is 6.92 Å². The Hall–Kier alpha value is -8.79. The molecule has 0 radical (unpaired) electrons. The Labute approximate surface area is 393 Å². The number of rotatable bonds is 11. The van der Waals surface area contributed by atoms with Crippen LogP contribution in [0.2, 0.25) is 0 Å². The molecule has 67 heavy (non-hydrogen) atoms. The fourth-order valence-corrected chi connectivity index (χ4v) is 8.57. The summed E-state index contributed by atoms with van der Waals surface area (Å²) < 4.78 is 0. The summed E-state index contributed by atoms with van der Waals surface area (Å²) in [4.78, 5) is 15.2. The molecule has 0 amide bonds. The summed E-state index contributed by atoms with van der Waals surface area (Å²) in [5.41, 5.74) is 19.8. The minimum absolute atomic E-state index is 0.616. The molecule has 0 aliphatic rings. The molecule has 0 aliphatic heterocycles. The lowest BCUT2D eigenvalue weighted by Gasteiger charge is -2.20. The van der Waals surface area contributed by atoms with Crippen LogP contribution in [-0.4, -0.2) is 16.5 Å². The van der Waals surface area contributed by atoms with Crippen molar-refractivity contribution in [2.24, 2.45) is 9.98 Å². The fourth-order valence-electron chi connectivity index (χ4n) is 8.57. The van der Waals surface area contributed by atoms with E-state index in [1.165, 1.54) is 5.56 Å². The number of hydrogen-bond acceptors (Lipinski definition) is 2. The normalized spacial score (nSPS) is 11.6. The zero-order chi connectivity index (χ0) is 45.4. The van der Waals surface area contributed by atoms with E-state index in [1.54, 1.807) is 0 Å². The van der Waals surface area contributed by atoms with Crippen LogP contribution in [-0.2, 0) is 0 Å². The van der Waals surface area contributed by atoms with Crippen LogP contribution in [0.15, 0.2) is 271 Å². The van der Waals surface area contributed by atoms with Gasteiger partial charge in [0.2, 0.25) is 0 Å². The standard InChI is InChI=1S/C64H47N3/c1-45(47-22-9-3-10-23-47)65-64(54-32-19-8-20-33-54)66-46(2)48-36-38-53(39-37-48)63-59(49-24-11-4-12-25-49)41-57(42-60(63)50-26-13-5-14-27-50)55-34-21-35-56(40-55)58-43-61(51-28-15-6-16-29-51)67-62(44-58)52-30-17-7-18-31-52/h3-44H,1H2,2H3/b65-64-,66-46+. The minimum Gasteiger partial charge on any atom is -0.248 e. The average Bonchev–Trinajstić information content (AvgIpc) is 3.41. The second-order valence-electron chi connectivity index (χ2n) is 16.5. The summed E-state index contributed by atoms with van der Waals surface area (Å²) in [6.45, 7) is 6.34. The van der Waals surface area contributed by atoms with E-state index in [9.17, 15) is 0 Å². The van der Waals surface area contributed by atoms with E-state index in [1.807, 2.05) is 79.7 Å². The van der Waals surface area contributed by atoms with E-state index in [4.69, 9.17) is 15.0 Å². The molecule has 318 valence electrons. The van der Waals surface area contributed by atoms with Gasteiger partial charge in [-0.2, -0.15) is 0 Å². The molecule has 0 N–H and O–H groups in total. The first-order valence-corrected chi connectivity index (χ1v) is 22.6. The van der Waals surface area contributed by atoms with E-state index in [0.29, 0.717) is 11.5 Å². The summed E-state index contributed by atoms with van der Waals surface area (Å²) in [6.07, 6.45) is 0. The minimum atomic E-state index is 0.616. The van der Waals surface area contributed by atoms with Crippen molar-refractivity contribution >= 4 is 17.2 Å². The van der Waals surface area contributed by atoms with Crippen molar-refractivity contribution in [3.63, 3.8) is 0 Å². The number of amidine groups is 1. The van der Waals surface area contributed by atoms with Crippen LogP contribution in [0.4, 0.5) is 0 Å². The Bertz CT molecular complexity index is 3240. The smallest absolute Gasteiger partial charge is 0.160 e. The monoisotopic (exact) mass is 857 g/mol. The van der Waals surface area contributed by atoms with Crippen LogP contribution in [0, 0.1) is 0 Å². The molecule has 0 saturated heterocycles. The van der Waals surface area contributed by atoms with Gasteiger partial charge < -0.3 is 0 Å². The number of benzene rings is 9. The Balaban J connectivity index is 1.08. The third-order valence-corrected chi connectivity index (χ3v) is 12.0. The molecule has 3 heteroatoms. The molecule has 0 aliphatic carbocycles. The number of nitrogens with zero attached hydrogens (tertiary/aromatic N) is 3. The Morgan fingerprint density at radius 1 is 0.328 bits per heavy atom. The second kappa shape index (κ2) is 19.5. The highest BCUT2D eigenvalue weighted by atomic mass is 14.9. The van der Waals surface area contributed by atoms with Crippen molar-refractivity contribution in [2.75, 3.05) is 0 Å². The van der Waals surface area contributed by atoms with E-state index < -0.39 is 0 Å². The van der Waals surface area contributed by atoms with Crippen molar-refractivity contribution in [3.8, 4) is 78.1 Å². The van der Waals surface area contributed by atoms with Gasteiger partial charge in [-0.3, -0.25) is 0 Å². The lowest BCUT2D eigenvalue weighted by Crippen LogP contribution is -2.04. The van der Waals surface area contributed by atoms with Crippen LogP contribution in [0.3, 0.4) is 0 Å². The van der Waals surface area contributed by atoms with Crippen LogP contribution in [0.5, 0.6) is 0 Å². The first-order valence-electron chi connectivity index (χ1n) is 22.6. The van der Waals surface area contributed by atoms with Gasteiger partial charge in [0.25, 0.3) is 0 Å². The van der Waals surface area contributed by atoms with Crippen molar-refractivity contribution in [1.82, 2.24) is 4.98 Å². The molecule has 1 aromatic heterocycles. The van der Waals surface area contributed by atoms with E-state index in [-0.39, 0.29) is 0 Å². The molecule has 0 spiro atoms. The zero-order valence-electron chi connectivity index (χ0n) is 37.3. The number of hydrogen-bond donors (Lipinski definition) is 0. The molecule has 10 aromatic rings. The number of pyridine rings is 1. The topological polar surface area (TPSA) is 37.6 Å². The molecule has 0 unspecified atom stereocenters. The third kappa shape index (κ3) is 9.54. The molecular formula is C64H47N3. The van der Waals surface area contributed by atoms with Gasteiger partial charge in [-0.1, -0.05) is 231 Å². The highest BCUT2D eigenvalue weighted by Gasteiger charge is 2.19. The SMILES string of the molecule is C=C(/N=C(\N=C(/C)c1ccc(-c2c(-c3ccccc3)cc(-c3cccc(-c4cc(-c5ccccc5)nc(-c5ccccc5)c4)c3)cc2-c2ccccc2)cc1)c1ccccc1)c1ccccc1. The molecule has 3 nitrogen and oxygen atoms in total. The Kier molecular flexibility index (Phi) is 12.3. The van der Waals surface area contributed by atoms with Crippen molar-refractivity contribution in [1.29, 1.82) is 0 Å². The van der Waals surface area contributed by atoms with Gasteiger partial charge in [-0.05, 0) is 104 Å². The van der Waals surface area contributed by atoms with Crippen LogP contribution in [0.1, 0.15) is 23.6 Å². The molecule has 9 aromatic carbocycles. The zero-order valence-corrected chi connectivity index (χ0v) is 37.3. The van der Waals surface area contributed by atoms with Crippen molar-refractivity contribution in [3.05, 3.63) is 278 Å². The van der Waals surface area contributed by atoms with E-state index in [0.717, 1.165) is 95.0 Å². The molecule has 0 saturated carbocycles. The van der Waals surface area contributed by atoms with Gasteiger partial charge in [0.05, 0.1) is 17.1 Å². The molecule has 0 atom stereocenters. The van der Waals surface area contributed by atoms with Gasteiger partial charge in [-0.25, -0.2) is 15.0 Å². The predicted octanol–water partition coefficient (Wildman–Crippen LogP) is 16.7. The number of aliphatic imine (C=N–C) groups is 2. The third-order valence-electron chi connectivity index (χ3n) is 12.0. The quantitative estimate of drug-likeness (QED) is 0.0943. The summed E-state index contributed by atoms with van der Waals surface area (Å²) >= 11 is 0. The second-order valence-corrected chi connectivity index (χ2v) is 16.5. The largest absolute Gasteiger partial charge is 0.248 e. The van der Waals surface area contributed by atoms with E-state index in [2.05, 4.69) is 189 Å². The predicted molar refractivity (Wildman–Crippen MR) is 283 cm³/mol. The maximum absolute atomic E-state index is 5.15. The van der Waals surface area contributed by atoms with Crippen LogP contribution < -0.4 is 0 Å². The van der Waals surface area contributed by atoms with Crippen molar-refractivity contribution < 1.29 is 0 Å². The van der Waals surface area contributed by atoms with Gasteiger partial charge in [-0.15, -0.1) is 0 Å². The van der Waals surface area contributed by atoms with Gasteiger partial charge in [0.15, 0.2) is 5.84 Å². The van der Waals surface area contributed by atoms with Crippen LogP contribution >= 0.6 is 0 Å². The molecular weight excluding hydrogens is 811 g/mol.